The Hall–Kier alpha value is -3.07. The van der Waals surface area contributed by atoms with Crippen molar-refractivity contribution in [1.29, 1.82) is 0 Å². The molecular formula is C19H19N3O3. The number of rotatable bonds is 4. The Labute approximate surface area is 146 Å². The van der Waals surface area contributed by atoms with Crippen molar-refractivity contribution in [2.24, 2.45) is 0 Å². The van der Waals surface area contributed by atoms with Crippen LogP contribution in [0.2, 0.25) is 0 Å². The first-order chi connectivity index (χ1) is 12.2. The van der Waals surface area contributed by atoms with E-state index in [9.17, 15) is 4.79 Å². The highest BCUT2D eigenvalue weighted by molar-refractivity contribution is 5.67. The van der Waals surface area contributed by atoms with E-state index in [1.165, 1.54) is 0 Å². The third kappa shape index (κ3) is 4.70. The number of likely N-dealkylation sites (tertiary alicyclic amines) is 1. The lowest BCUT2D eigenvalue weighted by Gasteiger charge is -2.31. The van der Waals surface area contributed by atoms with Crippen molar-refractivity contribution < 1.29 is 14.3 Å². The number of carbonyl (C=O) groups excluding carboxylic acids is 1. The second-order valence-corrected chi connectivity index (χ2v) is 5.81. The molecule has 2 heterocycles. The maximum Gasteiger partial charge on any atom is 0.410 e. The van der Waals surface area contributed by atoms with E-state index >= 15 is 0 Å². The largest absolute Gasteiger partial charge is 0.491 e. The molecule has 128 valence electrons. The van der Waals surface area contributed by atoms with Gasteiger partial charge in [-0.3, -0.25) is 0 Å². The predicted molar refractivity (Wildman–Crippen MR) is 92.3 cm³/mol. The van der Waals surface area contributed by atoms with Crippen molar-refractivity contribution in [3.63, 3.8) is 0 Å². The molecule has 0 N–H and O–H groups in total. The van der Waals surface area contributed by atoms with Gasteiger partial charge >= 0.3 is 6.09 Å². The third-order valence-electron chi connectivity index (χ3n) is 4.04. The normalized spacial score (nSPS) is 14.6. The van der Waals surface area contributed by atoms with Crippen LogP contribution >= 0.6 is 0 Å². The van der Waals surface area contributed by atoms with Crippen LogP contribution in [0, 0.1) is 6.57 Å². The van der Waals surface area contributed by atoms with Gasteiger partial charge in [0.25, 0.3) is 5.82 Å². The van der Waals surface area contributed by atoms with Gasteiger partial charge in [0, 0.05) is 38.1 Å². The first-order valence-electron chi connectivity index (χ1n) is 8.20. The van der Waals surface area contributed by atoms with Gasteiger partial charge in [-0.05, 0) is 5.56 Å². The zero-order valence-corrected chi connectivity index (χ0v) is 13.8. The van der Waals surface area contributed by atoms with Crippen molar-refractivity contribution in [1.82, 2.24) is 9.88 Å². The van der Waals surface area contributed by atoms with E-state index in [0.29, 0.717) is 24.7 Å². The van der Waals surface area contributed by atoms with Gasteiger partial charge in [0.15, 0.2) is 0 Å². The zero-order valence-electron chi connectivity index (χ0n) is 13.8. The summed E-state index contributed by atoms with van der Waals surface area (Å²) in [5.41, 5.74) is 0.974. The number of benzene rings is 1. The minimum absolute atomic E-state index is 0.0270. The molecule has 2 aromatic rings. The first kappa shape index (κ1) is 16.8. The van der Waals surface area contributed by atoms with E-state index in [4.69, 9.17) is 16.0 Å². The Kier molecular flexibility index (Phi) is 5.47. The first-order valence-corrected chi connectivity index (χ1v) is 8.20. The van der Waals surface area contributed by atoms with E-state index in [2.05, 4.69) is 9.83 Å². The SMILES string of the molecule is [C-]#[N+]c1cc(OC2CCN(C(=O)OCc3ccccc3)CC2)ccn1. The van der Waals surface area contributed by atoms with Gasteiger partial charge in [-0.15, -0.1) is 4.98 Å². The molecule has 1 saturated heterocycles. The number of hydrogen-bond donors (Lipinski definition) is 0. The Bertz CT molecular complexity index is 750. The number of nitrogens with zero attached hydrogens (tertiary/aromatic N) is 3. The molecule has 6 heteroatoms. The topological polar surface area (TPSA) is 56.0 Å². The summed E-state index contributed by atoms with van der Waals surface area (Å²) >= 11 is 0. The number of carbonyl (C=O) groups is 1. The molecule has 6 nitrogen and oxygen atoms in total. The van der Waals surface area contributed by atoms with Gasteiger partial charge in [-0.25, -0.2) is 4.79 Å². The summed E-state index contributed by atoms with van der Waals surface area (Å²) in [6.45, 7) is 8.46. The molecule has 1 aromatic heterocycles. The Balaban J connectivity index is 1.45. The van der Waals surface area contributed by atoms with Gasteiger partial charge in [-0.1, -0.05) is 36.9 Å². The monoisotopic (exact) mass is 337 g/mol. The molecule has 0 bridgehead atoms. The van der Waals surface area contributed by atoms with Crippen LogP contribution in [0.1, 0.15) is 18.4 Å². The molecule has 0 radical (unpaired) electrons. The predicted octanol–water partition coefficient (Wildman–Crippen LogP) is 3.81. The van der Waals surface area contributed by atoms with E-state index < -0.39 is 0 Å². The van der Waals surface area contributed by atoms with Crippen LogP contribution in [0.15, 0.2) is 48.7 Å². The lowest BCUT2D eigenvalue weighted by molar-refractivity contribution is 0.0638. The third-order valence-corrected chi connectivity index (χ3v) is 4.04. The summed E-state index contributed by atoms with van der Waals surface area (Å²) in [7, 11) is 0. The van der Waals surface area contributed by atoms with Crippen LogP contribution < -0.4 is 4.74 Å². The lowest BCUT2D eigenvalue weighted by Crippen LogP contribution is -2.42. The van der Waals surface area contributed by atoms with Crippen LogP contribution in [-0.4, -0.2) is 35.2 Å². The molecule has 0 atom stereocenters. The molecule has 0 spiro atoms. The fraction of sp³-hybridized carbons (Fsp3) is 0.316. The molecule has 1 aliphatic heterocycles. The van der Waals surface area contributed by atoms with E-state index in [1.807, 2.05) is 30.3 Å². The van der Waals surface area contributed by atoms with Crippen molar-refractivity contribution in [2.75, 3.05) is 13.1 Å². The fourth-order valence-corrected chi connectivity index (χ4v) is 2.69. The van der Waals surface area contributed by atoms with E-state index in [0.717, 1.165) is 18.4 Å². The molecule has 1 fully saturated rings. The van der Waals surface area contributed by atoms with E-state index in [-0.39, 0.29) is 18.8 Å². The molecule has 25 heavy (non-hydrogen) atoms. The fourth-order valence-electron chi connectivity index (χ4n) is 2.69. The number of ether oxygens (including phenoxy) is 2. The lowest BCUT2D eigenvalue weighted by atomic mass is 10.1. The zero-order chi connectivity index (χ0) is 17.5. The summed E-state index contributed by atoms with van der Waals surface area (Å²) in [6.07, 6.45) is 2.77. The van der Waals surface area contributed by atoms with Gasteiger partial charge in [0.2, 0.25) is 0 Å². The van der Waals surface area contributed by atoms with Crippen molar-refractivity contribution in [3.05, 3.63) is 65.6 Å². The van der Waals surface area contributed by atoms with Crippen LogP contribution in [-0.2, 0) is 11.3 Å². The average Bonchev–Trinajstić information content (AvgIpc) is 2.67. The molecule has 3 rings (SSSR count). The van der Waals surface area contributed by atoms with Crippen molar-refractivity contribution in [2.45, 2.75) is 25.6 Å². The highest BCUT2D eigenvalue weighted by Crippen LogP contribution is 2.22. The number of pyridine rings is 1. The van der Waals surface area contributed by atoms with Crippen LogP contribution in [0.5, 0.6) is 5.75 Å². The van der Waals surface area contributed by atoms with Crippen molar-refractivity contribution in [3.8, 4) is 5.75 Å². The maximum absolute atomic E-state index is 12.1. The Morgan fingerprint density at radius 2 is 2.00 bits per heavy atom. The number of piperidine rings is 1. The maximum atomic E-state index is 12.1. The second kappa shape index (κ2) is 8.15. The number of aromatic nitrogens is 1. The van der Waals surface area contributed by atoms with E-state index in [1.54, 1.807) is 23.2 Å². The average molecular weight is 337 g/mol. The molecule has 1 aromatic carbocycles. The Morgan fingerprint density at radius 3 is 2.72 bits per heavy atom. The molecule has 0 saturated carbocycles. The molecular weight excluding hydrogens is 318 g/mol. The highest BCUT2D eigenvalue weighted by atomic mass is 16.6. The number of amides is 1. The summed E-state index contributed by atoms with van der Waals surface area (Å²) in [5.74, 6) is 0.963. The molecule has 0 unspecified atom stereocenters. The highest BCUT2D eigenvalue weighted by Gasteiger charge is 2.25. The second-order valence-electron chi connectivity index (χ2n) is 5.81. The van der Waals surface area contributed by atoms with Gasteiger partial charge in [-0.2, -0.15) is 0 Å². The van der Waals surface area contributed by atoms with Gasteiger partial charge in [0.05, 0.1) is 0 Å². The van der Waals surface area contributed by atoms with Crippen molar-refractivity contribution >= 4 is 11.9 Å². The smallest absolute Gasteiger partial charge is 0.410 e. The molecule has 1 amide bonds. The summed E-state index contributed by atoms with van der Waals surface area (Å²) in [6, 6.07) is 13.0. The Morgan fingerprint density at radius 1 is 1.24 bits per heavy atom. The summed E-state index contributed by atoms with van der Waals surface area (Å²) < 4.78 is 11.2. The van der Waals surface area contributed by atoms with Crippen LogP contribution in [0.3, 0.4) is 0 Å². The molecule has 0 aliphatic carbocycles. The van der Waals surface area contributed by atoms with Gasteiger partial charge in [0.1, 0.15) is 24.7 Å². The van der Waals surface area contributed by atoms with Crippen LogP contribution in [0.25, 0.3) is 4.85 Å². The minimum atomic E-state index is -0.290. The number of hydrogen-bond acceptors (Lipinski definition) is 4. The van der Waals surface area contributed by atoms with Gasteiger partial charge < -0.3 is 19.2 Å². The van der Waals surface area contributed by atoms with Crippen LogP contribution in [0.4, 0.5) is 10.6 Å². The summed E-state index contributed by atoms with van der Waals surface area (Å²) in [5, 5.41) is 0. The summed E-state index contributed by atoms with van der Waals surface area (Å²) in [4.78, 5) is 21.1. The molecule has 1 aliphatic rings. The quantitative estimate of drug-likeness (QED) is 0.796. The minimum Gasteiger partial charge on any atom is -0.491 e. The standard InChI is InChI=1S/C19H19N3O3/c1-20-18-13-17(7-10-21-18)25-16-8-11-22(12-9-16)19(23)24-14-15-5-3-2-4-6-15/h2-7,10,13,16H,8-9,11-12,14H2.